The zero-order chi connectivity index (χ0) is 17.8. The molecule has 0 atom stereocenters. The first-order valence-electron chi connectivity index (χ1n) is 7.80. The first kappa shape index (κ1) is 25.4. The third kappa shape index (κ3) is 26.9. The van der Waals surface area contributed by atoms with Crippen molar-refractivity contribution in [1.29, 1.82) is 0 Å². The Bertz CT molecular complexity index is 251. The molecular formula is C21H37N. The van der Waals surface area contributed by atoms with E-state index in [1.165, 1.54) is 0 Å². The number of allylic oxidation sites excluding steroid dienone is 4. The van der Waals surface area contributed by atoms with Crippen molar-refractivity contribution in [2.75, 3.05) is 20.1 Å². The Labute approximate surface area is 140 Å². The topological polar surface area (TPSA) is 3.24 Å². The van der Waals surface area contributed by atoms with Crippen LogP contribution in [0.4, 0.5) is 0 Å². The van der Waals surface area contributed by atoms with E-state index in [9.17, 15) is 0 Å². The first-order chi connectivity index (χ1) is 10.4. The molecule has 0 aliphatic rings. The Morgan fingerprint density at radius 3 is 1.27 bits per heavy atom. The molecule has 0 N–H and O–H groups in total. The van der Waals surface area contributed by atoms with Gasteiger partial charge in [0.2, 0.25) is 0 Å². The van der Waals surface area contributed by atoms with Crippen molar-refractivity contribution in [2.45, 2.75) is 26.7 Å². The van der Waals surface area contributed by atoms with E-state index in [4.69, 9.17) is 0 Å². The second kappa shape index (κ2) is 21.7. The molecule has 0 unspecified atom stereocenters. The third-order valence-electron chi connectivity index (χ3n) is 2.76. The standard InChI is InChI=1S/C8H14.C7H13N.C6H10/c2*1-4-6-8(3)7-5-2;1-4-6(3)5-2/h4-5,8H,1-2,6-7H2,3H3;4-5H,1-2,6-7H2,3H3;4-6H,1-2H2,3H3. The van der Waals surface area contributed by atoms with Crippen LogP contribution in [0.3, 0.4) is 0 Å². The highest BCUT2D eigenvalue weighted by molar-refractivity contribution is 4.88. The van der Waals surface area contributed by atoms with Gasteiger partial charge >= 0.3 is 0 Å². The van der Waals surface area contributed by atoms with Crippen LogP contribution >= 0.6 is 0 Å². The minimum absolute atomic E-state index is 0.463. The van der Waals surface area contributed by atoms with Gasteiger partial charge in [0.15, 0.2) is 0 Å². The number of hydrogen-bond donors (Lipinski definition) is 0. The van der Waals surface area contributed by atoms with Crippen molar-refractivity contribution in [1.82, 2.24) is 4.90 Å². The summed E-state index contributed by atoms with van der Waals surface area (Å²) in [4.78, 5) is 2.12. The Balaban J connectivity index is -0.000000249. The fourth-order valence-electron chi connectivity index (χ4n) is 1.28. The molecule has 0 bridgehead atoms. The molecule has 22 heavy (non-hydrogen) atoms. The average Bonchev–Trinajstić information content (AvgIpc) is 2.49. The highest BCUT2D eigenvalue weighted by Crippen LogP contribution is 2.06. The van der Waals surface area contributed by atoms with E-state index in [1.54, 1.807) is 0 Å². The van der Waals surface area contributed by atoms with E-state index < -0.39 is 0 Å². The zero-order valence-corrected chi connectivity index (χ0v) is 15.1. The van der Waals surface area contributed by atoms with Crippen LogP contribution in [0.5, 0.6) is 0 Å². The summed E-state index contributed by atoms with van der Waals surface area (Å²) in [5, 5.41) is 0. The Morgan fingerprint density at radius 1 is 0.727 bits per heavy atom. The number of likely N-dealkylation sites (N-methyl/N-ethyl adjacent to an activating group) is 1. The van der Waals surface area contributed by atoms with Crippen LogP contribution in [-0.4, -0.2) is 25.0 Å². The highest BCUT2D eigenvalue weighted by Gasteiger charge is 1.92. The first-order valence-corrected chi connectivity index (χ1v) is 7.80. The summed E-state index contributed by atoms with van der Waals surface area (Å²) in [5.74, 6) is 1.19. The maximum absolute atomic E-state index is 3.65. The van der Waals surface area contributed by atoms with Crippen molar-refractivity contribution < 1.29 is 0 Å². The molecule has 0 radical (unpaired) electrons. The summed E-state index contributed by atoms with van der Waals surface area (Å²) in [5.41, 5.74) is 0. The molecule has 0 aromatic heterocycles. The monoisotopic (exact) mass is 303 g/mol. The smallest absolute Gasteiger partial charge is 0.0160 e. The van der Waals surface area contributed by atoms with Gasteiger partial charge in [0.25, 0.3) is 0 Å². The molecule has 0 saturated heterocycles. The number of rotatable bonds is 10. The maximum atomic E-state index is 3.65. The molecule has 1 nitrogen and oxygen atoms in total. The second-order valence-corrected chi connectivity index (χ2v) is 5.28. The predicted molar refractivity (Wildman–Crippen MR) is 106 cm³/mol. The summed E-state index contributed by atoms with van der Waals surface area (Å²) in [6.45, 7) is 27.7. The molecule has 0 aromatic carbocycles. The van der Waals surface area contributed by atoms with Crippen LogP contribution in [-0.2, 0) is 0 Å². The van der Waals surface area contributed by atoms with Gasteiger partial charge in [-0.3, -0.25) is 4.90 Å². The Kier molecular flexibility index (Phi) is 25.0. The molecule has 0 heterocycles. The lowest BCUT2D eigenvalue weighted by Gasteiger charge is -2.09. The third-order valence-corrected chi connectivity index (χ3v) is 2.76. The Hall–Kier alpha value is -1.60. The normalized spacial score (nSPS) is 9.00. The largest absolute Gasteiger partial charge is 0.299 e. The van der Waals surface area contributed by atoms with Crippen molar-refractivity contribution in [3.8, 4) is 0 Å². The number of hydrogen-bond acceptors (Lipinski definition) is 1. The van der Waals surface area contributed by atoms with E-state index in [-0.39, 0.29) is 0 Å². The lowest BCUT2D eigenvalue weighted by molar-refractivity contribution is 0.413. The van der Waals surface area contributed by atoms with Crippen LogP contribution < -0.4 is 0 Å². The van der Waals surface area contributed by atoms with Crippen molar-refractivity contribution in [2.24, 2.45) is 11.8 Å². The van der Waals surface area contributed by atoms with E-state index in [0.717, 1.165) is 31.8 Å². The van der Waals surface area contributed by atoms with Gasteiger partial charge in [-0.15, -0.1) is 39.5 Å². The van der Waals surface area contributed by atoms with E-state index >= 15 is 0 Å². The van der Waals surface area contributed by atoms with Gasteiger partial charge in [0.1, 0.15) is 0 Å². The van der Waals surface area contributed by atoms with Gasteiger partial charge in [0, 0.05) is 13.1 Å². The van der Waals surface area contributed by atoms with Crippen molar-refractivity contribution in [3.63, 3.8) is 0 Å². The number of nitrogens with zero attached hydrogens (tertiary/aromatic N) is 1. The fraction of sp³-hybridized carbons (Fsp3) is 0.429. The molecule has 0 saturated carbocycles. The van der Waals surface area contributed by atoms with Crippen LogP contribution in [0, 0.1) is 11.8 Å². The van der Waals surface area contributed by atoms with Crippen LogP contribution in [0.2, 0.25) is 0 Å². The lowest BCUT2D eigenvalue weighted by atomic mass is 10.0. The molecule has 1 heteroatoms. The van der Waals surface area contributed by atoms with Gasteiger partial charge in [-0.1, -0.05) is 50.3 Å². The molecule has 0 amide bonds. The average molecular weight is 304 g/mol. The van der Waals surface area contributed by atoms with Gasteiger partial charge in [-0.25, -0.2) is 0 Å². The van der Waals surface area contributed by atoms with E-state index in [1.807, 2.05) is 50.4 Å². The van der Waals surface area contributed by atoms with Crippen molar-refractivity contribution >= 4 is 0 Å². The van der Waals surface area contributed by atoms with E-state index in [0.29, 0.717) is 5.92 Å². The van der Waals surface area contributed by atoms with Gasteiger partial charge in [-0.05, 0) is 31.7 Å². The highest BCUT2D eigenvalue weighted by atomic mass is 15.1. The summed E-state index contributed by atoms with van der Waals surface area (Å²) in [6, 6.07) is 0. The molecule has 0 spiro atoms. The molecule has 0 aliphatic heterocycles. The zero-order valence-electron chi connectivity index (χ0n) is 15.1. The second-order valence-electron chi connectivity index (χ2n) is 5.28. The van der Waals surface area contributed by atoms with Crippen LogP contribution in [0.25, 0.3) is 0 Å². The fourth-order valence-corrected chi connectivity index (χ4v) is 1.28. The van der Waals surface area contributed by atoms with Gasteiger partial charge in [0.05, 0.1) is 0 Å². The SMILES string of the molecule is C=CC(C)C=C.C=CCC(C)CC=C.C=CCN(C)CC=C. The summed E-state index contributed by atoms with van der Waals surface area (Å²) >= 11 is 0. The van der Waals surface area contributed by atoms with Crippen LogP contribution in [0.15, 0.2) is 75.9 Å². The minimum atomic E-state index is 0.463. The van der Waals surface area contributed by atoms with E-state index in [2.05, 4.69) is 51.3 Å². The minimum Gasteiger partial charge on any atom is -0.299 e. The summed E-state index contributed by atoms with van der Waals surface area (Å²) < 4.78 is 0. The molecule has 0 aliphatic carbocycles. The Morgan fingerprint density at radius 2 is 1.09 bits per heavy atom. The molecule has 0 fully saturated rings. The molecule has 126 valence electrons. The van der Waals surface area contributed by atoms with Crippen LogP contribution in [0.1, 0.15) is 26.7 Å². The maximum Gasteiger partial charge on any atom is 0.0160 e. The lowest BCUT2D eigenvalue weighted by Crippen LogP contribution is -2.17. The van der Waals surface area contributed by atoms with Gasteiger partial charge in [-0.2, -0.15) is 0 Å². The van der Waals surface area contributed by atoms with Crippen molar-refractivity contribution in [3.05, 3.63) is 75.9 Å². The molecule has 0 aromatic rings. The molecular weight excluding hydrogens is 266 g/mol. The predicted octanol–water partition coefficient (Wildman–Crippen LogP) is 6.06. The summed E-state index contributed by atoms with van der Waals surface area (Å²) in [7, 11) is 2.03. The van der Waals surface area contributed by atoms with Gasteiger partial charge < -0.3 is 0 Å². The summed E-state index contributed by atoms with van der Waals surface area (Å²) in [6.07, 6.45) is 13.6. The molecule has 0 rings (SSSR count). The quantitative estimate of drug-likeness (QED) is 0.443.